The minimum atomic E-state index is -1.01. The summed E-state index contributed by atoms with van der Waals surface area (Å²) >= 11 is 0. The summed E-state index contributed by atoms with van der Waals surface area (Å²) in [5, 5.41) is 13.3. The molecule has 7 heteroatoms. The Morgan fingerprint density at radius 2 is 1.83 bits per heavy atom. The molecule has 104 valence electrons. The highest BCUT2D eigenvalue weighted by Crippen LogP contribution is 1.96. The van der Waals surface area contributed by atoms with Gasteiger partial charge in [0.25, 0.3) is 0 Å². The van der Waals surface area contributed by atoms with Crippen molar-refractivity contribution >= 4 is 17.9 Å². The van der Waals surface area contributed by atoms with Gasteiger partial charge in [0.15, 0.2) is 0 Å². The van der Waals surface area contributed by atoms with Crippen LogP contribution < -0.4 is 10.6 Å². The number of carboxylic acids is 1. The standard InChI is InChI=1S/C11H21N3O4/c1-4-5-12-11(18)13-9(15)6-14(8(2)3)7-10(16)17/h8H,4-7H2,1-3H3,(H,16,17)(H2,12,13,15,18). The molecule has 0 bridgehead atoms. The largest absolute Gasteiger partial charge is 0.480 e. The van der Waals surface area contributed by atoms with Crippen LogP contribution in [0, 0.1) is 0 Å². The second-order valence-corrected chi connectivity index (χ2v) is 4.20. The lowest BCUT2D eigenvalue weighted by molar-refractivity contribution is -0.139. The van der Waals surface area contributed by atoms with E-state index in [0.29, 0.717) is 6.54 Å². The van der Waals surface area contributed by atoms with Gasteiger partial charge in [-0.25, -0.2) is 4.79 Å². The Labute approximate surface area is 107 Å². The van der Waals surface area contributed by atoms with Gasteiger partial charge in [-0.3, -0.25) is 19.8 Å². The number of carboxylic acid groups (broad SMARTS) is 1. The van der Waals surface area contributed by atoms with Gasteiger partial charge in [0.05, 0.1) is 13.1 Å². The predicted molar refractivity (Wildman–Crippen MR) is 66.2 cm³/mol. The molecule has 0 aromatic rings. The summed E-state index contributed by atoms with van der Waals surface area (Å²) in [6, 6.07) is -0.647. The van der Waals surface area contributed by atoms with Gasteiger partial charge in [0.1, 0.15) is 0 Å². The topological polar surface area (TPSA) is 98.7 Å². The Morgan fingerprint density at radius 3 is 2.28 bits per heavy atom. The number of imide groups is 1. The number of rotatable bonds is 7. The van der Waals surface area contributed by atoms with Crippen LogP contribution >= 0.6 is 0 Å². The zero-order valence-electron chi connectivity index (χ0n) is 11.0. The van der Waals surface area contributed by atoms with Crippen molar-refractivity contribution in [1.29, 1.82) is 0 Å². The van der Waals surface area contributed by atoms with Gasteiger partial charge in [0.2, 0.25) is 5.91 Å². The highest BCUT2D eigenvalue weighted by atomic mass is 16.4. The molecule has 0 heterocycles. The minimum absolute atomic E-state index is 0.0921. The number of hydrogen-bond acceptors (Lipinski definition) is 4. The molecule has 0 unspecified atom stereocenters. The lowest BCUT2D eigenvalue weighted by Crippen LogP contribution is -2.47. The second kappa shape index (κ2) is 8.46. The molecule has 0 aromatic carbocycles. The van der Waals surface area contributed by atoms with Crippen LogP contribution in [0.5, 0.6) is 0 Å². The maximum Gasteiger partial charge on any atom is 0.321 e. The molecule has 3 N–H and O–H groups in total. The van der Waals surface area contributed by atoms with Gasteiger partial charge in [0, 0.05) is 12.6 Å². The van der Waals surface area contributed by atoms with Gasteiger partial charge in [-0.05, 0) is 20.3 Å². The minimum Gasteiger partial charge on any atom is -0.480 e. The van der Waals surface area contributed by atoms with E-state index in [-0.39, 0.29) is 19.1 Å². The van der Waals surface area contributed by atoms with E-state index in [2.05, 4.69) is 10.6 Å². The SMILES string of the molecule is CCCNC(=O)NC(=O)CN(CC(=O)O)C(C)C. The Morgan fingerprint density at radius 1 is 1.22 bits per heavy atom. The van der Waals surface area contributed by atoms with E-state index >= 15 is 0 Å². The van der Waals surface area contributed by atoms with Crippen molar-refractivity contribution in [3.8, 4) is 0 Å². The van der Waals surface area contributed by atoms with Crippen molar-refractivity contribution in [2.75, 3.05) is 19.6 Å². The van der Waals surface area contributed by atoms with E-state index in [1.54, 1.807) is 13.8 Å². The summed E-state index contributed by atoms with van der Waals surface area (Å²) in [7, 11) is 0. The molecular formula is C11H21N3O4. The highest BCUT2D eigenvalue weighted by Gasteiger charge is 2.18. The number of aliphatic carboxylic acids is 1. The number of amides is 3. The van der Waals surface area contributed by atoms with Crippen LogP contribution in [-0.2, 0) is 9.59 Å². The number of hydrogen-bond donors (Lipinski definition) is 3. The van der Waals surface area contributed by atoms with E-state index in [4.69, 9.17) is 5.11 Å². The van der Waals surface area contributed by atoms with Crippen molar-refractivity contribution in [2.24, 2.45) is 0 Å². The number of nitrogens with zero attached hydrogens (tertiary/aromatic N) is 1. The molecule has 0 saturated heterocycles. The van der Waals surface area contributed by atoms with E-state index in [9.17, 15) is 14.4 Å². The van der Waals surface area contributed by atoms with Gasteiger partial charge in [-0.15, -0.1) is 0 Å². The summed E-state index contributed by atoms with van der Waals surface area (Å²) in [5.74, 6) is -1.52. The highest BCUT2D eigenvalue weighted by molar-refractivity contribution is 5.95. The molecule has 0 aliphatic carbocycles. The average molecular weight is 259 g/mol. The maximum absolute atomic E-state index is 11.5. The van der Waals surface area contributed by atoms with Crippen LogP contribution in [0.25, 0.3) is 0 Å². The lowest BCUT2D eigenvalue weighted by atomic mass is 10.3. The molecule has 7 nitrogen and oxygen atoms in total. The Bertz CT molecular complexity index is 305. The monoisotopic (exact) mass is 259 g/mol. The Hall–Kier alpha value is -1.63. The van der Waals surface area contributed by atoms with Crippen LogP contribution in [0.1, 0.15) is 27.2 Å². The van der Waals surface area contributed by atoms with Crippen LogP contribution in [0.2, 0.25) is 0 Å². The first-order chi connectivity index (χ1) is 8.36. The van der Waals surface area contributed by atoms with Crippen LogP contribution in [0.3, 0.4) is 0 Å². The van der Waals surface area contributed by atoms with Gasteiger partial charge in [-0.2, -0.15) is 0 Å². The zero-order chi connectivity index (χ0) is 14.1. The maximum atomic E-state index is 11.5. The normalized spacial score (nSPS) is 10.5. The molecule has 0 rings (SSSR count). The summed E-state index contributed by atoms with van der Waals surface area (Å²) < 4.78 is 0. The van der Waals surface area contributed by atoms with E-state index in [1.165, 1.54) is 4.90 Å². The fourth-order valence-corrected chi connectivity index (χ4v) is 1.23. The van der Waals surface area contributed by atoms with Crippen LogP contribution in [0.15, 0.2) is 0 Å². The van der Waals surface area contributed by atoms with Crippen molar-refractivity contribution < 1.29 is 19.5 Å². The number of carbonyl (C=O) groups is 3. The average Bonchev–Trinajstić information content (AvgIpc) is 2.24. The summed E-state index contributed by atoms with van der Waals surface area (Å²) in [4.78, 5) is 34.8. The first kappa shape index (κ1) is 16.4. The predicted octanol–water partition coefficient (Wildman–Crippen LogP) is 0.0172. The molecular weight excluding hydrogens is 238 g/mol. The third kappa shape index (κ3) is 7.61. The fourth-order valence-electron chi connectivity index (χ4n) is 1.23. The third-order valence-electron chi connectivity index (χ3n) is 2.20. The quantitative estimate of drug-likeness (QED) is 0.598. The molecule has 0 fully saturated rings. The first-order valence-electron chi connectivity index (χ1n) is 5.90. The smallest absolute Gasteiger partial charge is 0.321 e. The molecule has 0 aliphatic heterocycles. The van der Waals surface area contributed by atoms with Crippen molar-refractivity contribution in [3.05, 3.63) is 0 Å². The van der Waals surface area contributed by atoms with Crippen LogP contribution in [0.4, 0.5) is 4.79 Å². The van der Waals surface area contributed by atoms with Gasteiger partial charge >= 0.3 is 12.0 Å². The van der Waals surface area contributed by atoms with Gasteiger partial charge < -0.3 is 10.4 Å². The van der Waals surface area contributed by atoms with Crippen molar-refractivity contribution in [1.82, 2.24) is 15.5 Å². The number of nitrogens with one attached hydrogen (secondary N) is 2. The van der Waals surface area contributed by atoms with E-state index in [0.717, 1.165) is 6.42 Å². The van der Waals surface area contributed by atoms with E-state index in [1.807, 2.05) is 6.92 Å². The number of carbonyl (C=O) groups excluding carboxylic acids is 2. The summed E-state index contributed by atoms with van der Waals surface area (Å²) in [5.41, 5.74) is 0. The molecule has 0 spiro atoms. The Balaban J connectivity index is 4.17. The van der Waals surface area contributed by atoms with Crippen molar-refractivity contribution in [3.63, 3.8) is 0 Å². The number of urea groups is 1. The van der Waals surface area contributed by atoms with Crippen molar-refractivity contribution in [2.45, 2.75) is 33.2 Å². The molecule has 0 aliphatic rings. The molecule has 18 heavy (non-hydrogen) atoms. The van der Waals surface area contributed by atoms with E-state index < -0.39 is 17.9 Å². The molecule has 0 radical (unpaired) electrons. The fraction of sp³-hybridized carbons (Fsp3) is 0.727. The summed E-state index contributed by atoms with van der Waals surface area (Å²) in [6.07, 6.45) is 0.777. The first-order valence-corrected chi connectivity index (χ1v) is 5.90. The van der Waals surface area contributed by atoms with Crippen LogP contribution in [-0.4, -0.2) is 53.6 Å². The molecule has 0 saturated carbocycles. The third-order valence-corrected chi connectivity index (χ3v) is 2.20. The zero-order valence-corrected chi connectivity index (χ0v) is 11.0. The molecule has 3 amide bonds. The lowest BCUT2D eigenvalue weighted by Gasteiger charge is -2.23. The second-order valence-electron chi connectivity index (χ2n) is 4.20. The summed E-state index contributed by atoms with van der Waals surface area (Å²) in [6.45, 7) is 5.60. The molecule has 0 aromatic heterocycles. The molecule has 0 atom stereocenters. The van der Waals surface area contributed by atoms with Gasteiger partial charge in [-0.1, -0.05) is 6.92 Å². The Kier molecular flexibility index (Phi) is 7.69.